The molecule has 0 bridgehead atoms. The molecule has 0 fully saturated rings. The highest BCUT2D eigenvalue weighted by Gasteiger charge is 2.21. The Balaban J connectivity index is 1.60. The number of hydrogen-bond acceptors (Lipinski definition) is 5. The number of nitrogens with zero attached hydrogens (tertiary/aromatic N) is 1. The van der Waals surface area contributed by atoms with E-state index in [2.05, 4.69) is 16.4 Å². The summed E-state index contributed by atoms with van der Waals surface area (Å²) in [5, 5.41) is 12.5. The molecule has 0 amide bonds. The SMILES string of the molecule is Cc1cccc(S(=O)(=O)c2ccc3c(c2)CCC=C3CNc2cnccc2C(=O)O)c1. The van der Waals surface area contributed by atoms with Gasteiger partial charge in [0.1, 0.15) is 0 Å². The van der Waals surface area contributed by atoms with E-state index < -0.39 is 15.8 Å². The van der Waals surface area contributed by atoms with Gasteiger partial charge in [-0.15, -0.1) is 0 Å². The second-order valence-electron chi connectivity index (χ2n) is 7.49. The summed E-state index contributed by atoms with van der Waals surface area (Å²) in [5.41, 5.74) is 4.45. The largest absolute Gasteiger partial charge is 0.478 e. The van der Waals surface area contributed by atoms with Crippen LogP contribution in [0.2, 0.25) is 0 Å². The maximum Gasteiger partial charge on any atom is 0.337 e. The van der Waals surface area contributed by atoms with Gasteiger partial charge in [0.2, 0.25) is 9.84 Å². The van der Waals surface area contributed by atoms with E-state index in [0.29, 0.717) is 17.1 Å². The van der Waals surface area contributed by atoms with Crippen LogP contribution in [0.3, 0.4) is 0 Å². The number of rotatable bonds is 6. The fourth-order valence-electron chi connectivity index (χ4n) is 3.77. The highest BCUT2D eigenvalue weighted by atomic mass is 32.2. The molecular formula is C24H22N2O4S. The Morgan fingerprint density at radius 2 is 1.94 bits per heavy atom. The number of pyridine rings is 1. The summed E-state index contributed by atoms with van der Waals surface area (Å²) < 4.78 is 26.2. The van der Waals surface area contributed by atoms with Crippen molar-refractivity contribution in [2.24, 2.45) is 0 Å². The summed E-state index contributed by atoms with van der Waals surface area (Å²) in [6.45, 7) is 2.29. The van der Waals surface area contributed by atoms with Crippen molar-refractivity contribution in [3.63, 3.8) is 0 Å². The molecule has 0 unspecified atom stereocenters. The molecular weight excluding hydrogens is 412 g/mol. The summed E-state index contributed by atoms with van der Waals surface area (Å²) in [5.74, 6) is -1.02. The number of anilines is 1. The molecule has 2 N–H and O–H groups in total. The highest BCUT2D eigenvalue weighted by Crippen LogP contribution is 2.31. The molecule has 0 atom stereocenters. The number of hydrogen-bond donors (Lipinski definition) is 2. The van der Waals surface area contributed by atoms with Gasteiger partial charge in [-0.3, -0.25) is 4.98 Å². The highest BCUT2D eigenvalue weighted by molar-refractivity contribution is 7.91. The third-order valence-corrected chi connectivity index (χ3v) is 7.11. The zero-order valence-electron chi connectivity index (χ0n) is 17.0. The lowest BCUT2D eigenvalue weighted by Gasteiger charge is -2.20. The first kappa shape index (κ1) is 20.8. The Hall–Kier alpha value is -3.45. The van der Waals surface area contributed by atoms with Crippen LogP contribution in [-0.2, 0) is 16.3 Å². The molecule has 0 saturated carbocycles. The van der Waals surface area contributed by atoms with Crippen LogP contribution in [0.1, 0.15) is 33.5 Å². The van der Waals surface area contributed by atoms with E-state index in [1.807, 2.05) is 19.1 Å². The standard InChI is InChI=1S/C24H22N2O4S/c1-16-4-2-7-19(12-16)31(29,30)20-8-9-21-17(13-20)5-3-6-18(21)14-26-23-15-25-11-10-22(23)24(27)28/h2,4,6-13,15,26H,3,5,14H2,1H3,(H,27,28). The van der Waals surface area contributed by atoms with Crippen molar-refractivity contribution in [1.29, 1.82) is 0 Å². The Labute approximate surface area is 181 Å². The molecule has 158 valence electrons. The van der Waals surface area contributed by atoms with Gasteiger partial charge in [-0.2, -0.15) is 0 Å². The Morgan fingerprint density at radius 3 is 2.71 bits per heavy atom. The number of aromatic nitrogens is 1. The number of aromatic carboxylic acids is 1. The molecule has 4 rings (SSSR count). The molecule has 0 radical (unpaired) electrons. The summed E-state index contributed by atoms with van der Waals surface area (Å²) in [7, 11) is -3.59. The maximum absolute atomic E-state index is 13.1. The van der Waals surface area contributed by atoms with E-state index >= 15 is 0 Å². The van der Waals surface area contributed by atoms with Crippen molar-refractivity contribution in [1.82, 2.24) is 4.98 Å². The Bertz CT molecular complexity index is 1300. The average molecular weight is 435 g/mol. The summed E-state index contributed by atoms with van der Waals surface area (Å²) in [6.07, 6.45) is 6.58. The molecule has 1 aliphatic rings. The first-order valence-corrected chi connectivity index (χ1v) is 11.4. The van der Waals surface area contributed by atoms with Crippen LogP contribution in [0, 0.1) is 6.92 Å². The fraction of sp³-hybridized carbons (Fsp3) is 0.167. The molecule has 6 nitrogen and oxygen atoms in total. The molecule has 3 aromatic rings. The van der Waals surface area contributed by atoms with E-state index in [-0.39, 0.29) is 10.5 Å². The lowest BCUT2D eigenvalue weighted by Crippen LogP contribution is -2.13. The zero-order chi connectivity index (χ0) is 22.0. The number of carboxylic acids is 1. The van der Waals surface area contributed by atoms with Gasteiger partial charge in [0.05, 0.1) is 27.2 Å². The lowest BCUT2D eigenvalue weighted by atomic mass is 9.91. The molecule has 0 saturated heterocycles. The van der Waals surface area contributed by atoms with Crippen molar-refractivity contribution in [3.05, 3.63) is 89.3 Å². The van der Waals surface area contributed by atoms with Gasteiger partial charge < -0.3 is 10.4 Å². The third-order valence-electron chi connectivity index (χ3n) is 5.36. The van der Waals surface area contributed by atoms with Crippen LogP contribution in [0.15, 0.2) is 76.8 Å². The number of carboxylic acid groups (broad SMARTS) is 1. The van der Waals surface area contributed by atoms with Crippen molar-refractivity contribution >= 4 is 27.1 Å². The van der Waals surface area contributed by atoms with Crippen LogP contribution in [-0.4, -0.2) is 31.0 Å². The number of allylic oxidation sites excluding steroid dienone is 1. The minimum absolute atomic E-state index is 0.159. The number of fused-ring (bicyclic) bond motifs is 1. The van der Waals surface area contributed by atoms with Crippen molar-refractivity contribution in [3.8, 4) is 0 Å². The maximum atomic E-state index is 13.1. The van der Waals surface area contributed by atoms with Crippen molar-refractivity contribution < 1.29 is 18.3 Å². The number of benzene rings is 2. The topological polar surface area (TPSA) is 96.4 Å². The number of nitrogens with one attached hydrogen (secondary N) is 1. The van der Waals surface area contributed by atoms with Crippen molar-refractivity contribution in [2.75, 3.05) is 11.9 Å². The van der Waals surface area contributed by atoms with Gasteiger partial charge in [0.15, 0.2) is 0 Å². The second kappa shape index (κ2) is 8.35. The predicted octanol–water partition coefficient (Wildman–Crippen LogP) is 4.36. The molecule has 0 aliphatic heterocycles. The lowest BCUT2D eigenvalue weighted by molar-refractivity contribution is 0.0698. The number of sulfone groups is 1. The van der Waals surface area contributed by atoms with Crippen LogP contribution < -0.4 is 5.32 Å². The first-order chi connectivity index (χ1) is 14.9. The van der Waals surface area contributed by atoms with Crippen LogP contribution in [0.25, 0.3) is 5.57 Å². The summed E-state index contributed by atoms with van der Waals surface area (Å²) in [6, 6.07) is 13.6. The minimum Gasteiger partial charge on any atom is -0.478 e. The Morgan fingerprint density at radius 1 is 1.13 bits per heavy atom. The summed E-state index contributed by atoms with van der Waals surface area (Å²) in [4.78, 5) is 16.0. The molecule has 0 spiro atoms. The number of carbonyl (C=O) groups is 1. The van der Waals surface area contributed by atoms with Crippen molar-refractivity contribution in [2.45, 2.75) is 29.6 Å². The second-order valence-corrected chi connectivity index (χ2v) is 9.44. The zero-order valence-corrected chi connectivity index (χ0v) is 17.8. The molecule has 1 aliphatic carbocycles. The molecule has 1 heterocycles. The van der Waals surface area contributed by atoms with E-state index in [1.165, 1.54) is 18.5 Å². The predicted molar refractivity (Wildman–Crippen MR) is 119 cm³/mol. The van der Waals surface area contributed by atoms with Crippen LogP contribution in [0.4, 0.5) is 5.69 Å². The third kappa shape index (κ3) is 4.22. The van der Waals surface area contributed by atoms with E-state index in [9.17, 15) is 18.3 Å². The van der Waals surface area contributed by atoms with Crippen LogP contribution >= 0.6 is 0 Å². The normalized spacial score (nSPS) is 13.3. The first-order valence-electron chi connectivity index (χ1n) is 9.91. The average Bonchev–Trinajstić information content (AvgIpc) is 2.77. The number of aryl methyl sites for hydroxylation is 2. The molecule has 2 aromatic carbocycles. The van der Waals surface area contributed by atoms with E-state index in [4.69, 9.17) is 0 Å². The van der Waals surface area contributed by atoms with Crippen LogP contribution in [0.5, 0.6) is 0 Å². The fourth-order valence-corrected chi connectivity index (χ4v) is 5.18. The van der Waals surface area contributed by atoms with Gasteiger partial charge in [-0.1, -0.05) is 24.3 Å². The van der Waals surface area contributed by atoms with E-state index in [0.717, 1.165) is 35.1 Å². The van der Waals surface area contributed by atoms with E-state index in [1.54, 1.807) is 30.3 Å². The molecule has 7 heteroatoms. The van der Waals surface area contributed by atoms with Gasteiger partial charge >= 0.3 is 5.97 Å². The monoisotopic (exact) mass is 434 g/mol. The van der Waals surface area contributed by atoms with Gasteiger partial charge in [0.25, 0.3) is 0 Å². The summed E-state index contributed by atoms with van der Waals surface area (Å²) >= 11 is 0. The molecule has 31 heavy (non-hydrogen) atoms. The smallest absolute Gasteiger partial charge is 0.337 e. The quantitative estimate of drug-likeness (QED) is 0.598. The molecule has 1 aromatic heterocycles. The minimum atomic E-state index is -3.59. The van der Waals surface area contributed by atoms with Gasteiger partial charge in [0, 0.05) is 12.7 Å². The van der Waals surface area contributed by atoms with Gasteiger partial charge in [-0.25, -0.2) is 13.2 Å². The Kier molecular flexibility index (Phi) is 5.61. The van der Waals surface area contributed by atoms with Gasteiger partial charge in [-0.05, 0) is 72.4 Å².